The minimum absolute atomic E-state index is 0.0641. The molecule has 1 saturated carbocycles. The van der Waals surface area contributed by atoms with E-state index < -0.39 is 0 Å². The Labute approximate surface area is 158 Å². The van der Waals surface area contributed by atoms with E-state index in [-0.39, 0.29) is 17.8 Å². The van der Waals surface area contributed by atoms with E-state index in [1.54, 1.807) is 18.3 Å². The quantitative estimate of drug-likeness (QED) is 0.745. The van der Waals surface area contributed by atoms with Crippen molar-refractivity contribution in [1.82, 2.24) is 10.3 Å². The second-order valence-electron chi connectivity index (χ2n) is 7.12. The minimum Gasteiger partial charge on any atom is -0.349 e. The molecule has 2 aromatic rings. The van der Waals surface area contributed by atoms with Crippen molar-refractivity contribution in [3.63, 3.8) is 0 Å². The van der Waals surface area contributed by atoms with E-state index >= 15 is 0 Å². The van der Waals surface area contributed by atoms with Crippen LogP contribution >= 0.6 is 11.8 Å². The maximum atomic E-state index is 13.3. The second kappa shape index (κ2) is 8.67. The molecule has 0 spiro atoms. The molecule has 1 amide bonds. The minimum atomic E-state index is -0.248. The van der Waals surface area contributed by atoms with Gasteiger partial charge in [0, 0.05) is 18.0 Å². The lowest BCUT2D eigenvalue weighted by Crippen LogP contribution is -2.43. The topological polar surface area (TPSA) is 42.0 Å². The zero-order chi connectivity index (χ0) is 18.5. The third kappa shape index (κ3) is 4.64. The molecule has 0 saturated heterocycles. The van der Waals surface area contributed by atoms with Crippen molar-refractivity contribution < 1.29 is 9.18 Å². The summed E-state index contributed by atoms with van der Waals surface area (Å²) in [6.45, 7) is 4.48. The molecule has 1 aromatic carbocycles. The van der Waals surface area contributed by atoms with Crippen molar-refractivity contribution in [2.24, 2.45) is 11.8 Å². The van der Waals surface area contributed by atoms with Crippen LogP contribution in [0.5, 0.6) is 0 Å². The van der Waals surface area contributed by atoms with Crippen molar-refractivity contribution in [1.29, 1.82) is 0 Å². The van der Waals surface area contributed by atoms with E-state index in [9.17, 15) is 9.18 Å². The number of nitrogens with zero attached hydrogens (tertiary/aromatic N) is 1. The van der Waals surface area contributed by atoms with Crippen molar-refractivity contribution in [2.75, 3.05) is 0 Å². The van der Waals surface area contributed by atoms with E-state index in [1.165, 1.54) is 30.3 Å². The van der Waals surface area contributed by atoms with Crippen LogP contribution in [0.15, 0.2) is 47.6 Å². The number of carbonyl (C=O) groups excluding carboxylic acids is 1. The molecule has 26 heavy (non-hydrogen) atoms. The maximum absolute atomic E-state index is 13.3. The van der Waals surface area contributed by atoms with Gasteiger partial charge < -0.3 is 5.32 Å². The molecular weight excluding hydrogens is 347 g/mol. The normalized spacial score (nSPS) is 22.8. The summed E-state index contributed by atoms with van der Waals surface area (Å²) >= 11 is 1.46. The monoisotopic (exact) mass is 372 g/mol. The van der Waals surface area contributed by atoms with Gasteiger partial charge in [-0.3, -0.25) is 4.79 Å². The lowest BCUT2D eigenvalue weighted by Gasteiger charge is -2.34. The molecule has 1 heterocycles. The molecule has 1 aromatic heterocycles. The van der Waals surface area contributed by atoms with Crippen LogP contribution in [0.1, 0.15) is 49.0 Å². The summed E-state index contributed by atoms with van der Waals surface area (Å²) in [6.07, 6.45) is 5.11. The molecule has 1 aliphatic carbocycles. The van der Waals surface area contributed by atoms with Crippen LogP contribution in [-0.4, -0.2) is 16.9 Å². The first-order valence-corrected chi connectivity index (χ1v) is 10.2. The Hall–Kier alpha value is -1.88. The number of nitrogens with one attached hydrogen (secondary N) is 1. The Bertz CT molecular complexity index is 767. The predicted octanol–water partition coefficient (Wildman–Crippen LogP) is 5.07. The van der Waals surface area contributed by atoms with Gasteiger partial charge in [-0.25, -0.2) is 9.37 Å². The summed E-state index contributed by atoms with van der Waals surface area (Å²) in [7, 11) is 0. The lowest BCUT2D eigenvalue weighted by molar-refractivity contribution is 0.0887. The first kappa shape index (κ1) is 18.9. The van der Waals surface area contributed by atoms with E-state index in [2.05, 4.69) is 24.1 Å². The molecule has 3 atom stereocenters. The van der Waals surface area contributed by atoms with Crippen LogP contribution in [0.3, 0.4) is 0 Å². The molecule has 3 nitrogen and oxygen atoms in total. The summed E-state index contributed by atoms with van der Waals surface area (Å²) in [5.41, 5.74) is 1.47. The summed E-state index contributed by atoms with van der Waals surface area (Å²) in [5.74, 6) is 1.37. The van der Waals surface area contributed by atoms with Crippen LogP contribution in [0.4, 0.5) is 4.39 Å². The summed E-state index contributed by atoms with van der Waals surface area (Å²) in [6, 6.07) is 10.3. The van der Waals surface area contributed by atoms with Gasteiger partial charge in [-0.05, 0) is 48.1 Å². The van der Waals surface area contributed by atoms with Crippen LogP contribution in [0, 0.1) is 17.7 Å². The zero-order valence-corrected chi connectivity index (χ0v) is 16.1. The molecule has 1 aliphatic rings. The maximum Gasteiger partial charge on any atom is 0.254 e. The number of rotatable bonds is 5. The molecule has 0 bridgehead atoms. The number of aromatic nitrogens is 1. The Morgan fingerprint density at radius 2 is 2.12 bits per heavy atom. The van der Waals surface area contributed by atoms with Gasteiger partial charge in [-0.2, -0.15) is 0 Å². The van der Waals surface area contributed by atoms with Crippen LogP contribution in [0.25, 0.3) is 0 Å². The number of amides is 1. The molecule has 1 fully saturated rings. The number of benzene rings is 1. The lowest BCUT2D eigenvalue weighted by atomic mass is 9.78. The summed E-state index contributed by atoms with van der Waals surface area (Å²) in [4.78, 5) is 17.2. The molecule has 0 radical (unpaired) electrons. The summed E-state index contributed by atoms with van der Waals surface area (Å²) in [5, 5.41) is 3.90. The summed E-state index contributed by atoms with van der Waals surface area (Å²) < 4.78 is 13.3. The Morgan fingerprint density at radius 3 is 2.92 bits per heavy atom. The van der Waals surface area contributed by atoms with E-state index in [4.69, 9.17) is 0 Å². The zero-order valence-electron chi connectivity index (χ0n) is 15.2. The largest absolute Gasteiger partial charge is 0.349 e. The van der Waals surface area contributed by atoms with Gasteiger partial charge in [0.2, 0.25) is 0 Å². The third-order valence-electron chi connectivity index (χ3n) is 5.30. The fourth-order valence-corrected chi connectivity index (χ4v) is 4.42. The number of pyridine rings is 1. The highest BCUT2D eigenvalue weighted by Gasteiger charge is 2.29. The highest BCUT2D eigenvalue weighted by molar-refractivity contribution is 7.98. The van der Waals surface area contributed by atoms with Gasteiger partial charge in [0.25, 0.3) is 5.91 Å². The third-order valence-corrected chi connectivity index (χ3v) is 6.38. The molecule has 5 heteroatoms. The highest BCUT2D eigenvalue weighted by atomic mass is 32.2. The number of hydrogen-bond donors (Lipinski definition) is 1. The molecule has 1 N–H and O–H groups in total. The van der Waals surface area contributed by atoms with Crippen molar-refractivity contribution in [3.05, 3.63) is 59.5 Å². The van der Waals surface area contributed by atoms with E-state index in [0.29, 0.717) is 28.2 Å². The molecule has 0 aliphatic heterocycles. The number of thioether (sulfide) groups is 1. The van der Waals surface area contributed by atoms with Crippen molar-refractivity contribution >= 4 is 17.7 Å². The first-order valence-electron chi connectivity index (χ1n) is 9.17. The fourth-order valence-electron chi connectivity index (χ4n) is 3.49. The molecule has 138 valence electrons. The van der Waals surface area contributed by atoms with Crippen LogP contribution < -0.4 is 5.32 Å². The second-order valence-corrected chi connectivity index (χ2v) is 8.09. The first-order chi connectivity index (χ1) is 12.5. The predicted molar refractivity (Wildman–Crippen MR) is 104 cm³/mol. The van der Waals surface area contributed by atoms with Crippen molar-refractivity contribution in [2.45, 2.75) is 49.9 Å². The number of hydrogen-bond acceptors (Lipinski definition) is 3. The van der Waals surface area contributed by atoms with E-state index in [1.807, 2.05) is 12.1 Å². The molecular formula is C21H25FN2OS. The number of carbonyl (C=O) groups is 1. The molecule has 3 rings (SSSR count). The molecule has 0 unspecified atom stereocenters. The van der Waals surface area contributed by atoms with E-state index in [0.717, 1.165) is 18.4 Å². The van der Waals surface area contributed by atoms with Crippen LogP contribution in [-0.2, 0) is 5.75 Å². The standard InChI is InChI=1S/C21H25FN2OS/c1-14-6-3-10-19(15(14)2)24-20(25)18-9-5-11-23-21(18)26-13-16-7-4-8-17(22)12-16/h4-5,7-9,11-12,14-15,19H,3,6,10,13H2,1-2H3,(H,24,25)/t14-,15-,19-/m1/s1. The smallest absolute Gasteiger partial charge is 0.254 e. The van der Waals surface area contributed by atoms with Gasteiger partial charge >= 0.3 is 0 Å². The average molecular weight is 373 g/mol. The highest BCUT2D eigenvalue weighted by Crippen LogP contribution is 2.30. The Morgan fingerprint density at radius 1 is 1.27 bits per heavy atom. The fraction of sp³-hybridized carbons (Fsp3) is 0.429. The SMILES string of the molecule is C[C@@H]1[C@H](C)CCC[C@H]1NC(=O)c1cccnc1SCc1cccc(F)c1. The van der Waals surface area contributed by atoms with Crippen LogP contribution in [0.2, 0.25) is 0 Å². The number of halogens is 1. The van der Waals surface area contributed by atoms with Gasteiger partial charge in [-0.15, -0.1) is 11.8 Å². The Balaban J connectivity index is 1.69. The van der Waals surface area contributed by atoms with Gasteiger partial charge in [0.1, 0.15) is 10.8 Å². The van der Waals surface area contributed by atoms with Gasteiger partial charge in [0.05, 0.1) is 5.56 Å². The van der Waals surface area contributed by atoms with Gasteiger partial charge in [-0.1, -0.05) is 38.8 Å². The van der Waals surface area contributed by atoms with Crippen molar-refractivity contribution in [3.8, 4) is 0 Å². The average Bonchev–Trinajstić information content (AvgIpc) is 2.64. The Kier molecular flexibility index (Phi) is 6.30. The van der Waals surface area contributed by atoms with Gasteiger partial charge in [0.15, 0.2) is 0 Å².